The molecule has 5 rings (SSSR count). The minimum atomic E-state index is -4.97. The van der Waals surface area contributed by atoms with Crippen molar-refractivity contribution >= 4 is 17.7 Å². The maximum Gasteiger partial charge on any atom is 0.416 e. The first-order valence-corrected chi connectivity index (χ1v) is 14.6. The monoisotopic (exact) mass is 622 g/mol. The Morgan fingerprint density at radius 2 is 1.41 bits per heavy atom. The summed E-state index contributed by atoms with van der Waals surface area (Å²) in [7, 11) is 0. The van der Waals surface area contributed by atoms with Crippen LogP contribution < -0.4 is 0 Å². The van der Waals surface area contributed by atoms with Gasteiger partial charge in [-0.3, -0.25) is 19.3 Å². The Morgan fingerprint density at radius 3 is 1.95 bits per heavy atom. The van der Waals surface area contributed by atoms with Crippen LogP contribution in [0.2, 0.25) is 0 Å². The maximum atomic E-state index is 13.6. The average Bonchev–Trinajstić information content (AvgIpc) is 3.33. The summed E-state index contributed by atoms with van der Waals surface area (Å²) < 4.78 is 87.0. The van der Waals surface area contributed by atoms with Gasteiger partial charge in [-0.1, -0.05) is 30.3 Å². The summed E-state index contributed by atoms with van der Waals surface area (Å²) in [5, 5.41) is 0. The largest absolute Gasteiger partial charge is 0.416 e. The van der Waals surface area contributed by atoms with Gasteiger partial charge in [0.15, 0.2) is 0 Å². The normalized spacial score (nSPS) is 25.4. The topological polar surface area (TPSA) is 66.9 Å². The molecule has 3 amide bonds. The number of carbonyl (C=O) groups is 3. The SMILES string of the molecule is C[C@@H](O[C@H]1CCN(C(=O)C2CCC(N3C(=O)C=CC3=O)CC2)C[C@H]1c1ccccc1)c1cc(C(F)(F)F)cc(C(F)(F)F)c1. The molecule has 2 aliphatic heterocycles. The second kappa shape index (κ2) is 12.4. The van der Waals surface area contributed by atoms with Crippen LogP contribution >= 0.6 is 0 Å². The molecular weight excluding hydrogens is 590 g/mol. The third-order valence-electron chi connectivity index (χ3n) is 8.80. The Balaban J connectivity index is 1.30. The molecule has 3 atom stereocenters. The van der Waals surface area contributed by atoms with E-state index < -0.39 is 35.7 Å². The van der Waals surface area contributed by atoms with Crippen LogP contribution in [0, 0.1) is 5.92 Å². The van der Waals surface area contributed by atoms with Gasteiger partial charge in [0.1, 0.15) is 0 Å². The number of hydrogen-bond acceptors (Lipinski definition) is 4. The second-order valence-corrected chi connectivity index (χ2v) is 11.6. The van der Waals surface area contributed by atoms with E-state index in [1.54, 1.807) is 4.90 Å². The van der Waals surface area contributed by atoms with E-state index in [0.717, 1.165) is 5.56 Å². The van der Waals surface area contributed by atoms with Crippen LogP contribution in [0.5, 0.6) is 0 Å². The molecule has 1 saturated heterocycles. The summed E-state index contributed by atoms with van der Waals surface area (Å²) in [4.78, 5) is 40.7. The number of likely N-dealkylation sites (tertiary alicyclic amines) is 1. The molecule has 0 bridgehead atoms. The van der Waals surface area contributed by atoms with Gasteiger partial charge >= 0.3 is 12.4 Å². The minimum absolute atomic E-state index is 0.0548. The van der Waals surface area contributed by atoms with Crippen LogP contribution in [0.3, 0.4) is 0 Å². The molecule has 0 aromatic heterocycles. The number of amides is 3. The summed E-state index contributed by atoms with van der Waals surface area (Å²) in [5.41, 5.74) is -2.20. The zero-order valence-electron chi connectivity index (χ0n) is 23.9. The molecule has 44 heavy (non-hydrogen) atoms. The molecule has 2 fully saturated rings. The first-order chi connectivity index (χ1) is 20.7. The first kappa shape index (κ1) is 31.7. The van der Waals surface area contributed by atoms with E-state index in [1.807, 2.05) is 30.3 Å². The number of imide groups is 1. The van der Waals surface area contributed by atoms with Crippen molar-refractivity contribution < 1.29 is 45.5 Å². The highest BCUT2D eigenvalue weighted by molar-refractivity contribution is 6.13. The van der Waals surface area contributed by atoms with Gasteiger partial charge in [-0.2, -0.15) is 26.3 Å². The van der Waals surface area contributed by atoms with E-state index in [4.69, 9.17) is 4.74 Å². The molecule has 12 heteroatoms. The quantitative estimate of drug-likeness (QED) is 0.267. The molecule has 2 heterocycles. The minimum Gasteiger partial charge on any atom is -0.370 e. The predicted molar refractivity (Wildman–Crippen MR) is 147 cm³/mol. The van der Waals surface area contributed by atoms with E-state index in [1.165, 1.54) is 24.0 Å². The number of rotatable bonds is 6. The maximum absolute atomic E-state index is 13.6. The van der Waals surface area contributed by atoms with E-state index in [9.17, 15) is 40.7 Å². The van der Waals surface area contributed by atoms with Gasteiger partial charge in [0, 0.05) is 43.1 Å². The van der Waals surface area contributed by atoms with Crippen LogP contribution in [0.4, 0.5) is 26.3 Å². The fourth-order valence-corrected chi connectivity index (χ4v) is 6.48. The highest BCUT2D eigenvalue weighted by atomic mass is 19.4. The number of alkyl halides is 6. The Morgan fingerprint density at radius 1 is 0.841 bits per heavy atom. The van der Waals surface area contributed by atoms with Crippen LogP contribution in [0.15, 0.2) is 60.7 Å². The molecule has 0 radical (unpaired) electrons. The molecule has 6 nitrogen and oxygen atoms in total. The zero-order chi connectivity index (χ0) is 31.8. The van der Waals surface area contributed by atoms with Gasteiger partial charge in [-0.05, 0) is 68.4 Å². The van der Waals surface area contributed by atoms with E-state index >= 15 is 0 Å². The molecule has 0 spiro atoms. The smallest absolute Gasteiger partial charge is 0.370 e. The van der Waals surface area contributed by atoms with Gasteiger partial charge in [-0.25, -0.2) is 0 Å². The lowest BCUT2D eigenvalue weighted by Crippen LogP contribution is -2.49. The molecule has 2 aromatic carbocycles. The standard InChI is InChI=1S/C32H32F6N2O4/c1-19(22-15-23(31(33,34)35)17-24(16-22)32(36,37)38)44-27-13-14-39(18-26(27)20-5-3-2-4-6-20)30(43)21-7-9-25(10-8-21)40-28(41)11-12-29(40)42/h2-6,11-12,15-17,19,21,25-27H,7-10,13-14,18H2,1H3/t19-,21?,25?,26+,27+/m1/s1. The summed E-state index contributed by atoms with van der Waals surface area (Å²) in [6.45, 7) is 2.01. The van der Waals surface area contributed by atoms with Crippen molar-refractivity contribution in [1.82, 2.24) is 9.80 Å². The Bertz CT molecular complexity index is 1370. The number of halogens is 6. The van der Waals surface area contributed by atoms with Crippen LogP contribution in [0.1, 0.15) is 73.3 Å². The molecule has 1 aliphatic carbocycles. The van der Waals surface area contributed by atoms with Crippen molar-refractivity contribution in [2.75, 3.05) is 13.1 Å². The Labute approximate surface area is 250 Å². The molecule has 3 aliphatic rings. The molecule has 236 valence electrons. The number of ether oxygens (including phenoxy) is 1. The van der Waals surface area contributed by atoms with Crippen molar-refractivity contribution in [3.8, 4) is 0 Å². The lowest BCUT2D eigenvalue weighted by atomic mass is 9.82. The van der Waals surface area contributed by atoms with Gasteiger partial charge < -0.3 is 9.64 Å². The third-order valence-corrected chi connectivity index (χ3v) is 8.80. The number of nitrogens with zero attached hydrogens (tertiary/aromatic N) is 2. The third kappa shape index (κ3) is 6.85. The Hall–Kier alpha value is -3.67. The van der Waals surface area contributed by atoms with Crippen LogP contribution in [-0.2, 0) is 31.5 Å². The molecular formula is C32H32F6N2O4. The zero-order valence-corrected chi connectivity index (χ0v) is 23.9. The summed E-state index contributed by atoms with van der Waals surface area (Å²) in [5.74, 6) is -1.39. The number of benzene rings is 2. The Kier molecular flexibility index (Phi) is 8.93. The van der Waals surface area contributed by atoms with E-state index in [2.05, 4.69) is 0 Å². The number of carbonyl (C=O) groups excluding carboxylic acids is 3. The van der Waals surface area contributed by atoms with E-state index in [0.29, 0.717) is 50.8 Å². The summed E-state index contributed by atoms with van der Waals surface area (Å²) in [6.07, 6.45) is -6.70. The summed E-state index contributed by atoms with van der Waals surface area (Å²) >= 11 is 0. The van der Waals surface area contributed by atoms with Crippen molar-refractivity contribution in [2.45, 2.75) is 75.5 Å². The fraction of sp³-hybridized carbons (Fsp3) is 0.469. The summed E-state index contributed by atoms with van der Waals surface area (Å²) in [6, 6.07) is 10.4. The molecule has 2 aromatic rings. The van der Waals surface area contributed by atoms with Crippen molar-refractivity contribution in [1.29, 1.82) is 0 Å². The van der Waals surface area contributed by atoms with Gasteiger partial charge in [-0.15, -0.1) is 0 Å². The van der Waals surface area contributed by atoms with Crippen molar-refractivity contribution in [3.05, 3.63) is 82.9 Å². The molecule has 0 N–H and O–H groups in total. The van der Waals surface area contributed by atoms with Crippen LogP contribution in [0.25, 0.3) is 0 Å². The second-order valence-electron chi connectivity index (χ2n) is 11.6. The van der Waals surface area contributed by atoms with Gasteiger partial charge in [0.25, 0.3) is 11.8 Å². The van der Waals surface area contributed by atoms with Gasteiger partial charge in [0.2, 0.25) is 5.91 Å². The lowest BCUT2D eigenvalue weighted by molar-refractivity contribution is -0.144. The highest BCUT2D eigenvalue weighted by Gasteiger charge is 2.41. The van der Waals surface area contributed by atoms with Crippen molar-refractivity contribution in [2.24, 2.45) is 5.92 Å². The predicted octanol–water partition coefficient (Wildman–Crippen LogP) is 6.67. The molecule has 1 saturated carbocycles. The fourth-order valence-electron chi connectivity index (χ4n) is 6.48. The lowest BCUT2D eigenvalue weighted by Gasteiger charge is -2.42. The van der Waals surface area contributed by atoms with Gasteiger partial charge in [0.05, 0.1) is 23.3 Å². The molecule has 0 unspecified atom stereocenters. The highest BCUT2D eigenvalue weighted by Crippen LogP contribution is 2.40. The first-order valence-electron chi connectivity index (χ1n) is 14.6. The average molecular weight is 623 g/mol. The van der Waals surface area contributed by atoms with Crippen molar-refractivity contribution in [3.63, 3.8) is 0 Å². The number of piperidine rings is 1. The van der Waals surface area contributed by atoms with Crippen LogP contribution in [-0.4, -0.2) is 52.8 Å². The van der Waals surface area contributed by atoms with E-state index in [-0.39, 0.29) is 53.8 Å². The number of hydrogen-bond donors (Lipinski definition) is 0.